The Morgan fingerprint density at radius 1 is 1.18 bits per heavy atom. The van der Waals surface area contributed by atoms with E-state index in [1.165, 1.54) is 0 Å². The number of rotatable bonds is 0. The van der Waals surface area contributed by atoms with Crippen molar-refractivity contribution in [2.24, 2.45) is 22.7 Å². The van der Waals surface area contributed by atoms with Crippen molar-refractivity contribution in [3.63, 3.8) is 0 Å². The number of hydrogen-bond donors (Lipinski definition) is 1. The summed E-state index contributed by atoms with van der Waals surface area (Å²) in [5.41, 5.74) is 2.31. The Morgan fingerprint density at radius 2 is 1.82 bits per heavy atom. The Kier molecular flexibility index (Phi) is 2.04. The molecule has 0 amide bonds. The van der Waals surface area contributed by atoms with Gasteiger partial charge in [0.15, 0.2) is 5.78 Å². The van der Waals surface area contributed by atoms with Gasteiger partial charge in [0.05, 0.1) is 6.10 Å². The van der Waals surface area contributed by atoms with Crippen LogP contribution in [0, 0.1) is 22.7 Å². The molecule has 3 rings (SSSR count). The minimum Gasteiger partial charge on any atom is -0.389 e. The summed E-state index contributed by atoms with van der Waals surface area (Å²) in [6.07, 6.45) is 2.65. The van der Waals surface area contributed by atoms with Crippen LogP contribution in [0.25, 0.3) is 0 Å². The van der Waals surface area contributed by atoms with Crippen molar-refractivity contribution in [2.45, 2.75) is 53.1 Å². The predicted molar refractivity (Wildman–Crippen MR) is 66.4 cm³/mol. The molecule has 17 heavy (non-hydrogen) atoms. The molecule has 0 spiro atoms. The molecule has 0 aliphatic heterocycles. The molecule has 0 bridgehead atoms. The first-order chi connectivity index (χ1) is 7.76. The van der Waals surface area contributed by atoms with Crippen molar-refractivity contribution in [3.05, 3.63) is 11.1 Å². The normalized spacial score (nSPS) is 47.6. The second-order valence-electron chi connectivity index (χ2n) is 7.33. The number of carbonyl (C=O) groups excluding carboxylic acids is 1. The summed E-state index contributed by atoms with van der Waals surface area (Å²) in [5, 5.41) is 9.94. The summed E-state index contributed by atoms with van der Waals surface area (Å²) in [5.74, 6) is 0.991. The van der Waals surface area contributed by atoms with Crippen molar-refractivity contribution in [3.8, 4) is 0 Å². The van der Waals surface area contributed by atoms with Gasteiger partial charge in [-0.2, -0.15) is 0 Å². The van der Waals surface area contributed by atoms with Gasteiger partial charge in [0.1, 0.15) is 0 Å². The second kappa shape index (κ2) is 3.03. The Balaban J connectivity index is 2.08. The molecule has 0 aromatic carbocycles. The van der Waals surface area contributed by atoms with Crippen molar-refractivity contribution < 1.29 is 9.90 Å². The van der Waals surface area contributed by atoms with Gasteiger partial charge in [0.2, 0.25) is 0 Å². The van der Waals surface area contributed by atoms with E-state index in [-0.39, 0.29) is 22.9 Å². The van der Waals surface area contributed by atoms with E-state index in [0.29, 0.717) is 11.7 Å². The molecular weight excluding hydrogens is 212 g/mol. The van der Waals surface area contributed by atoms with Crippen LogP contribution in [-0.2, 0) is 4.79 Å². The van der Waals surface area contributed by atoms with Crippen molar-refractivity contribution in [1.29, 1.82) is 0 Å². The molecule has 3 aliphatic rings. The van der Waals surface area contributed by atoms with Crippen LogP contribution in [0.15, 0.2) is 11.1 Å². The van der Waals surface area contributed by atoms with Crippen LogP contribution in [-0.4, -0.2) is 17.0 Å². The van der Waals surface area contributed by atoms with Crippen molar-refractivity contribution >= 4 is 5.78 Å². The first kappa shape index (κ1) is 11.5. The standard InChI is InChI=1S/C15H22O2/c1-8-12-11(16)7-15(12,4)10-6-14(2,3)5-9(10)13(8)17/h9-11,16H,5-7H2,1-4H3. The van der Waals surface area contributed by atoms with Crippen molar-refractivity contribution in [2.75, 3.05) is 0 Å². The summed E-state index contributed by atoms with van der Waals surface area (Å²) in [6, 6.07) is 0. The molecule has 0 aromatic heterocycles. The lowest BCUT2D eigenvalue weighted by Gasteiger charge is -2.55. The zero-order chi connectivity index (χ0) is 12.6. The Bertz CT molecular complexity index is 432. The van der Waals surface area contributed by atoms with Gasteiger partial charge in [0.25, 0.3) is 0 Å². The summed E-state index contributed by atoms with van der Waals surface area (Å²) in [4.78, 5) is 12.4. The molecule has 0 radical (unpaired) electrons. The SMILES string of the molecule is CC1=C2C(O)CC2(C)C2CC(C)(C)CC2C1=O. The molecule has 2 fully saturated rings. The fraction of sp³-hybridized carbons (Fsp3) is 0.800. The zero-order valence-corrected chi connectivity index (χ0v) is 11.2. The third-order valence-corrected chi connectivity index (χ3v) is 5.53. The van der Waals surface area contributed by atoms with Gasteiger partial charge in [-0.15, -0.1) is 0 Å². The van der Waals surface area contributed by atoms with Gasteiger partial charge in [-0.05, 0) is 54.1 Å². The molecule has 94 valence electrons. The Labute approximate surface area is 103 Å². The number of hydrogen-bond acceptors (Lipinski definition) is 2. The van der Waals surface area contributed by atoms with Gasteiger partial charge in [0, 0.05) is 5.92 Å². The van der Waals surface area contributed by atoms with Crippen LogP contribution in [0.4, 0.5) is 0 Å². The summed E-state index contributed by atoms with van der Waals surface area (Å²) >= 11 is 0. The average molecular weight is 234 g/mol. The third-order valence-electron chi connectivity index (χ3n) is 5.53. The second-order valence-corrected chi connectivity index (χ2v) is 7.33. The van der Waals surface area contributed by atoms with Crippen LogP contribution in [0.5, 0.6) is 0 Å². The summed E-state index contributed by atoms with van der Waals surface area (Å²) in [7, 11) is 0. The third kappa shape index (κ3) is 1.28. The number of aliphatic hydroxyl groups is 1. The maximum Gasteiger partial charge on any atom is 0.162 e. The molecule has 4 unspecified atom stereocenters. The number of Topliss-reactive ketones (excluding diaryl/α,β-unsaturated/α-hetero) is 1. The van der Waals surface area contributed by atoms with Crippen LogP contribution in [0.1, 0.15) is 47.0 Å². The first-order valence-electron chi connectivity index (χ1n) is 6.70. The van der Waals surface area contributed by atoms with E-state index in [2.05, 4.69) is 20.8 Å². The summed E-state index contributed by atoms with van der Waals surface area (Å²) < 4.78 is 0. The van der Waals surface area contributed by atoms with Crippen LogP contribution >= 0.6 is 0 Å². The van der Waals surface area contributed by atoms with Gasteiger partial charge < -0.3 is 5.11 Å². The minimum absolute atomic E-state index is 0.107. The highest BCUT2D eigenvalue weighted by Gasteiger charge is 2.61. The lowest BCUT2D eigenvalue weighted by Crippen LogP contribution is -2.53. The van der Waals surface area contributed by atoms with E-state index in [1.54, 1.807) is 0 Å². The Morgan fingerprint density at radius 3 is 2.41 bits per heavy atom. The fourth-order valence-electron chi connectivity index (χ4n) is 4.81. The molecule has 0 heterocycles. The van der Waals surface area contributed by atoms with E-state index in [0.717, 1.165) is 30.4 Å². The quantitative estimate of drug-likeness (QED) is 0.699. The van der Waals surface area contributed by atoms with E-state index >= 15 is 0 Å². The number of carbonyl (C=O) groups is 1. The molecule has 0 saturated heterocycles. The topological polar surface area (TPSA) is 37.3 Å². The molecule has 4 atom stereocenters. The Hall–Kier alpha value is -0.630. The molecule has 3 aliphatic carbocycles. The number of allylic oxidation sites excluding steroid dienone is 1. The van der Waals surface area contributed by atoms with Crippen LogP contribution < -0.4 is 0 Å². The number of fused-ring (bicyclic) bond motifs is 3. The monoisotopic (exact) mass is 234 g/mol. The molecule has 2 nitrogen and oxygen atoms in total. The lowest BCUT2D eigenvalue weighted by atomic mass is 9.50. The maximum atomic E-state index is 12.4. The minimum atomic E-state index is -0.353. The predicted octanol–water partition coefficient (Wildman–Crippen LogP) is 2.71. The van der Waals surface area contributed by atoms with Crippen molar-refractivity contribution in [1.82, 2.24) is 0 Å². The average Bonchev–Trinajstić information content (AvgIpc) is 2.51. The number of ketones is 1. The molecule has 2 heteroatoms. The molecule has 2 saturated carbocycles. The fourth-order valence-corrected chi connectivity index (χ4v) is 4.81. The van der Waals surface area contributed by atoms with Gasteiger partial charge >= 0.3 is 0 Å². The van der Waals surface area contributed by atoms with E-state index < -0.39 is 0 Å². The highest BCUT2D eigenvalue weighted by molar-refractivity contribution is 5.99. The van der Waals surface area contributed by atoms with E-state index in [9.17, 15) is 9.90 Å². The van der Waals surface area contributed by atoms with Crippen LogP contribution in [0.3, 0.4) is 0 Å². The first-order valence-corrected chi connectivity index (χ1v) is 6.70. The van der Waals surface area contributed by atoms with Crippen LogP contribution in [0.2, 0.25) is 0 Å². The van der Waals surface area contributed by atoms with Gasteiger partial charge in [-0.25, -0.2) is 0 Å². The molecule has 1 N–H and O–H groups in total. The smallest absolute Gasteiger partial charge is 0.162 e. The number of aliphatic hydroxyl groups excluding tert-OH is 1. The van der Waals surface area contributed by atoms with Gasteiger partial charge in [-0.1, -0.05) is 20.8 Å². The van der Waals surface area contributed by atoms with E-state index in [1.807, 2.05) is 6.92 Å². The highest BCUT2D eigenvalue weighted by atomic mass is 16.3. The maximum absolute atomic E-state index is 12.4. The lowest BCUT2D eigenvalue weighted by molar-refractivity contribution is -0.126. The molecular formula is C15H22O2. The largest absolute Gasteiger partial charge is 0.389 e. The van der Waals surface area contributed by atoms with E-state index in [4.69, 9.17) is 0 Å². The van der Waals surface area contributed by atoms with Gasteiger partial charge in [-0.3, -0.25) is 4.79 Å². The summed E-state index contributed by atoms with van der Waals surface area (Å²) in [6.45, 7) is 8.71. The zero-order valence-electron chi connectivity index (χ0n) is 11.2. The molecule has 0 aromatic rings. The highest BCUT2D eigenvalue weighted by Crippen LogP contribution is 2.65.